The van der Waals surface area contributed by atoms with Gasteiger partial charge in [-0.15, -0.1) is 0 Å². The second kappa shape index (κ2) is 4.51. The molecule has 0 saturated carbocycles. The Morgan fingerprint density at radius 3 is 1.29 bits per heavy atom. The molecule has 0 bridgehead atoms. The first-order valence-electron chi connectivity index (χ1n) is 5.27. The van der Waals surface area contributed by atoms with Crippen molar-refractivity contribution in [1.29, 1.82) is 10.5 Å². The third-order valence-corrected chi connectivity index (χ3v) is 2.75. The van der Waals surface area contributed by atoms with E-state index in [-0.39, 0.29) is 0 Å². The lowest BCUT2D eigenvalue weighted by molar-refractivity contribution is 0.848. The molecule has 0 saturated heterocycles. The molecular weight excluding hydrogens is 208 g/mol. The van der Waals surface area contributed by atoms with Crippen LogP contribution in [0.25, 0.3) is 0 Å². The van der Waals surface area contributed by atoms with E-state index in [1.807, 2.05) is 36.4 Å². The summed E-state index contributed by atoms with van der Waals surface area (Å²) in [6.07, 6.45) is 0. The van der Waals surface area contributed by atoms with Gasteiger partial charge in [0.1, 0.15) is 0 Å². The molecule has 2 aromatic carbocycles. The van der Waals surface area contributed by atoms with E-state index in [9.17, 15) is 10.5 Å². The van der Waals surface area contributed by atoms with Gasteiger partial charge in [0.2, 0.25) is 0 Å². The maximum Gasteiger partial charge on any atom is 0.193 e. The monoisotopic (exact) mass is 218 g/mol. The Kier molecular flexibility index (Phi) is 2.90. The molecule has 0 aliphatic rings. The van der Waals surface area contributed by atoms with E-state index in [0.717, 1.165) is 0 Å². The molecule has 2 heteroatoms. The molecule has 0 heterocycles. The fraction of sp³-hybridized carbons (Fsp3) is 0.0667. The summed E-state index contributed by atoms with van der Waals surface area (Å²) in [6.45, 7) is 0. The Labute approximate surface area is 100 Å². The second-order valence-corrected chi connectivity index (χ2v) is 3.71. The summed E-state index contributed by atoms with van der Waals surface area (Å²) in [6, 6.07) is 22.6. The van der Waals surface area contributed by atoms with Gasteiger partial charge in [-0.05, 0) is 11.1 Å². The summed E-state index contributed by atoms with van der Waals surface area (Å²) in [5.41, 5.74) is 0.190. The Balaban J connectivity index is 2.65. The van der Waals surface area contributed by atoms with Crippen LogP contribution in [0.15, 0.2) is 60.7 Å². The van der Waals surface area contributed by atoms with Crippen molar-refractivity contribution in [2.75, 3.05) is 0 Å². The third kappa shape index (κ3) is 1.77. The first-order chi connectivity index (χ1) is 8.33. The van der Waals surface area contributed by atoms with Crippen LogP contribution in [-0.2, 0) is 5.41 Å². The predicted octanol–water partition coefficient (Wildman–Crippen LogP) is 3.02. The molecule has 0 aromatic heterocycles. The van der Waals surface area contributed by atoms with E-state index >= 15 is 0 Å². The van der Waals surface area contributed by atoms with Gasteiger partial charge in [-0.1, -0.05) is 60.7 Å². The lowest BCUT2D eigenvalue weighted by Crippen LogP contribution is -2.23. The third-order valence-electron chi connectivity index (χ3n) is 2.75. The summed E-state index contributed by atoms with van der Waals surface area (Å²) < 4.78 is 0. The number of nitrogens with zero attached hydrogens (tertiary/aromatic N) is 2. The zero-order valence-corrected chi connectivity index (χ0v) is 9.17. The van der Waals surface area contributed by atoms with Gasteiger partial charge in [-0.25, -0.2) is 0 Å². The van der Waals surface area contributed by atoms with Crippen molar-refractivity contribution in [3.05, 3.63) is 71.8 Å². The van der Waals surface area contributed by atoms with E-state index in [2.05, 4.69) is 12.1 Å². The Morgan fingerprint density at radius 2 is 1.00 bits per heavy atom. The smallest absolute Gasteiger partial charge is 0.193 e. The van der Waals surface area contributed by atoms with E-state index in [0.29, 0.717) is 11.1 Å². The Bertz CT molecular complexity index is 518. The molecule has 0 aliphatic carbocycles. The van der Waals surface area contributed by atoms with Crippen molar-refractivity contribution >= 4 is 0 Å². The molecule has 0 N–H and O–H groups in total. The van der Waals surface area contributed by atoms with Crippen LogP contribution in [-0.4, -0.2) is 0 Å². The van der Waals surface area contributed by atoms with Crippen molar-refractivity contribution in [2.24, 2.45) is 0 Å². The highest BCUT2D eigenvalue weighted by Crippen LogP contribution is 2.30. The SMILES string of the molecule is N#CC(C#N)(c1ccccc1)c1ccccc1. The molecule has 80 valence electrons. The summed E-state index contributed by atoms with van der Waals surface area (Å²) in [7, 11) is 0. The molecule has 2 rings (SSSR count). The van der Waals surface area contributed by atoms with E-state index < -0.39 is 5.41 Å². The lowest BCUT2D eigenvalue weighted by Gasteiger charge is -2.19. The summed E-state index contributed by atoms with van der Waals surface area (Å²) >= 11 is 0. The zero-order valence-electron chi connectivity index (χ0n) is 9.17. The number of rotatable bonds is 2. The lowest BCUT2D eigenvalue weighted by atomic mass is 9.77. The minimum absolute atomic E-state index is 0.705. The van der Waals surface area contributed by atoms with Gasteiger partial charge in [0.25, 0.3) is 0 Å². The van der Waals surface area contributed by atoms with Crippen molar-refractivity contribution < 1.29 is 0 Å². The van der Waals surface area contributed by atoms with Gasteiger partial charge in [-0.3, -0.25) is 0 Å². The molecule has 0 radical (unpaired) electrons. The molecule has 0 spiro atoms. The van der Waals surface area contributed by atoms with E-state index in [4.69, 9.17) is 0 Å². The van der Waals surface area contributed by atoms with Crippen LogP contribution < -0.4 is 0 Å². The summed E-state index contributed by atoms with van der Waals surface area (Å²) in [4.78, 5) is 0. The van der Waals surface area contributed by atoms with Crippen molar-refractivity contribution in [1.82, 2.24) is 0 Å². The van der Waals surface area contributed by atoms with E-state index in [1.165, 1.54) is 0 Å². The number of hydrogen-bond donors (Lipinski definition) is 0. The van der Waals surface area contributed by atoms with Crippen LogP contribution in [0.2, 0.25) is 0 Å². The highest BCUT2D eigenvalue weighted by atomic mass is 14.4. The summed E-state index contributed by atoms with van der Waals surface area (Å²) in [5, 5.41) is 18.8. The van der Waals surface area contributed by atoms with Crippen LogP contribution >= 0.6 is 0 Å². The number of hydrogen-bond acceptors (Lipinski definition) is 2. The molecule has 0 aliphatic heterocycles. The topological polar surface area (TPSA) is 47.6 Å². The minimum atomic E-state index is -1.22. The predicted molar refractivity (Wildman–Crippen MR) is 64.9 cm³/mol. The fourth-order valence-corrected chi connectivity index (χ4v) is 1.83. The molecule has 0 amide bonds. The van der Waals surface area contributed by atoms with Gasteiger partial charge in [0.15, 0.2) is 5.41 Å². The highest BCUT2D eigenvalue weighted by molar-refractivity contribution is 5.52. The molecule has 17 heavy (non-hydrogen) atoms. The molecule has 0 unspecified atom stereocenters. The molecule has 0 atom stereocenters. The molecular formula is C15H10N2. The van der Waals surface area contributed by atoms with Gasteiger partial charge in [-0.2, -0.15) is 10.5 Å². The van der Waals surface area contributed by atoms with Gasteiger partial charge in [0, 0.05) is 0 Å². The summed E-state index contributed by atoms with van der Waals surface area (Å²) in [5.74, 6) is 0. The van der Waals surface area contributed by atoms with Crippen LogP contribution in [0.1, 0.15) is 11.1 Å². The molecule has 2 aromatic rings. The average Bonchev–Trinajstić information content (AvgIpc) is 2.43. The van der Waals surface area contributed by atoms with Crippen LogP contribution in [0.5, 0.6) is 0 Å². The van der Waals surface area contributed by atoms with Gasteiger partial charge < -0.3 is 0 Å². The van der Waals surface area contributed by atoms with Crippen molar-refractivity contribution in [2.45, 2.75) is 5.41 Å². The highest BCUT2D eigenvalue weighted by Gasteiger charge is 2.34. The van der Waals surface area contributed by atoms with Gasteiger partial charge in [0.05, 0.1) is 12.1 Å². The fourth-order valence-electron chi connectivity index (χ4n) is 1.83. The van der Waals surface area contributed by atoms with E-state index in [1.54, 1.807) is 24.3 Å². The first-order valence-corrected chi connectivity index (χ1v) is 5.27. The normalized spacial score (nSPS) is 10.2. The van der Waals surface area contributed by atoms with Gasteiger partial charge >= 0.3 is 0 Å². The standard InChI is InChI=1S/C15H10N2/c16-11-15(12-17,13-7-3-1-4-8-13)14-9-5-2-6-10-14/h1-10H. The maximum atomic E-state index is 9.41. The minimum Gasteiger partial charge on any atom is -0.196 e. The zero-order chi connectivity index (χ0) is 12.1. The number of nitriles is 2. The first kappa shape index (κ1) is 10.9. The molecule has 0 fully saturated rings. The van der Waals surface area contributed by atoms with Crippen molar-refractivity contribution in [3.8, 4) is 12.1 Å². The number of benzene rings is 2. The van der Waals surface area contributed by atoms with Crippen LogP contribution in [0, 0.1) is 22.7 Å². The second-order valence-electron chi connectivity index (χ2n) is 3.71. The Hall–Kier alpha value is -2.58. The van der Waals surface area contributed by atoms with Crippen LogP contribution in [0.3, 0.4) is 0 Å². The largest absolute Gasteiger partial charge is 0.196 e. The molecule has 2 nitrogen and oxygen atoms in total. The Morgan fingerprint density at radius 1 is 0.647 bits per heavy atom. The average molecular weight is 218 g/mol. The van der Waals surface area contributed by atoms with Crippen molar-refractivity contribution in [3.63, 3.8) is 0 Å². The van der Waals surface area contributed by atoms with Crippen LogP contribution in [0.4, 0.5) is 0 Å². The maximum absolute atomic E-state index is 9.41. The quantitative estimate of drug-likeness (QED) is 0.777.